The molecule has 1 saturated heterocycles. The molecular weight excluding hydrogens is 287 g/mol. The van der Waals surface area contributed by atoms with Gasteiger partial charge in [0.25, 0.3) is 5.91 Å². The van der Waals surface area contributed by atoms with Crippen LogP contribution in [-0.4, -0.2) is 36.5 Å². The van der Waals surface area contributed by atoms with Crippen LogP contribution in [0.4, 0.5) is 0 Å². The number of benzene rings is 1. The van der Waals surface area contributed by atoms with Crippen LogP contribution in [0.25, 0.3) is 0 Å². The average Bonchev–Trinajstić information content (AvgIpc) is 2.88. The first-order valence-electron chi connectivity index (χ1n) is 6.19. The number of nitrogens with zero attached hydrogens (tertiary/aromatic N) is 1. The first kappa shape index (κ1) is 14.4. The minimum absolute atomic E-state index is 0.00549. The van der Waals surface area contributed by atoms with Crippen molar-refractivity contribution in [2.24, 2.45) is 5.73 Å². The summed E-state index contributed by atoms with van der Waals surface area (Å²) in [6.07, 6.45) is 1.97. The molecule has 1 aromatic rings. The largest absolute Gasteiger partial charge is 0.484 e. The summed E-state index contributed by atoms with van der Waals surface area (Å²) in [5.41, 5.74) is 5.64. The molecule has 1 unspecified atom stereocenters. The molecule has 4 nitrogen and oxygen atoms in total. The number of carbonyl (C=O) groups excluding carboxylic acids is 1. The van der Waals surface area contributed by atoms with Gasteiger partial charge in [0.05, 0.1) is 10.0 Å². The van der Waals surface area contributed by atoms with E-state index in [1.807, 2.05) is 0 Å². The lowest BCUT2D eigenvalue weighted by atomic mass is 10.2. The minimum Gasteiger partial charge on any atom is -0.484 e. The fraction of sp³-hybridized carbons (Fsp3) is 0.462. The van der Waals surface area contributed by atoms with Crippen LogP contribution in [0.5, 0.6) is 5.75 Å². The molecule has 6 heteroatoms. The van der Waals surface area contributed by atoms with Gasteiger partial charge >= 0.3 is 0 Å². The Morgan fingerprint density at radius 2 is 2.21 bits per heavy atom. The van der Waals surface area contributed by atoms with Crippen LogP contribution in [-0.2, 0) is 4.79 Å². The van der Waals surface area contributed by atoms with Crippen LogP contribution < -0.4 is 10.5 Å². The summed E-state index contributed by atoms with van der Waals surface area (Å²) in [4.78, 5) is 13.8. The van der Waals surface area contributed by atoms with Crippen LogP contribution in [0.3, 0.4) is 0 Å². The van der Waals surface area contributed by atoms with Crippen molar-refractivity contribution in [2.45, 2.75) is 18.9 Å². The molecule has 104 valence electrons. The topological polar surface area (TPSA) is 55.6 Å². The highest BCUT2D eigenvalue weighted by molar-refractivity contribution is 6.42. The van der Waals surface area contributed by atoms with Gasteiger partial charge in [0.1, 0.15) is 5.75 Å². The maximum absolute atomic E-state index is 12.0. The zero-order chi connectivity index (χ0) is 13.8. The number of amides is 1. The summed E-state index contributed by atoms with van der Waals surface area (Å²) in [6, 6.07) is 5.07. The third-order valence-electron chi connectivity index (χ3n) is 3.22. The van der Waals surface area contributed by atoms with Crippen molar-refractivity contribution in [1.29, 1.82) is 0 Å². The lowest BCUT2D eigenvalue weighted by molar-refractivity contribution is -0.134. The van der Waals surface area contributed by atoms with Crippen LogP contribution in [0.1, 0.15) is 12.8 Å². The quantitative estimate of drug-likeness (QED) is 0.928. The highest BCUT2D eigenvalue weighted by atomic mass is 35.5. The Balaban J connectivity index is 1.91. The Bertz CT molecular complexity index is 468. The van der Waals surface area contributed by atoms with Crippen molar-refractivity contribution in [1.82, 2.24) is 4.90 Å². The smallest absolute Gasteiger partial charge is 0.260 e. The van der Waals surface area contributed by atoms with Gasteiger partial charge in [0.15, 0.2) is 6.61 Å². The monoisotopic (exact) mass is 302 g/mol. The Labute approximate surface area is 122 Å². The zero-order valence-corrected chi connectivity index (χ0v) is 12.0. The Kier molecular flexibility index (Phi) is 4.91. The van der Waals surface area contributed by atoms with Crippen LogP contribution >= 0.6 is 23.2 Å². The normalized spacial score (nSPS) is 18.7. The number of rotatable bonds is 4. The van der Waals surface area contributed by atoms with Crippen LogP contribution in [0.2, 0.25) is 10.0 Å². The predicted octanol–water partition coefficient (Wildman–Crippen LogP) is 2.32. The number of nitrogens with two attached hydrogens (primary N) is 1. The number of hydrogen-bond donors (Lipinski definition) is 1. The summed E-state index contributed by atoms with van der Waals surface area (Å²) >= 11 is 11.7. The van der Waals surface area contributed by atoms with Gasteiger partial charge in [-0.05, 0) is 25.0 Å². The van der Waals surface area contributed by atoms with E-state index in [1.54, 1.807) is 23.1 Å². The number of carbonyl (C=O) groups is 1. The molecule has 1 atom stereocenters. The second-order valence-electron chi connectivity index (χ2n) is 4.48. The standard InChI is InChI=1S/C13H16Cl2N2O2/c14-11-4-3-10(6-12(11)15)19-8-13(18)17-5-1-2-9(17)7-16/h3-4,6,9H,1-2,5,7-8,16H2. The van der Waals surface area contributed by atoms with Crippen molar-refractivity contribution in [2.75, 3.05) is 19.7 Å². The zero-order valence-electron chi connectivity index (χ0n) is 10.4. The van der Waals surface area contributed by atoms with Gasteiger partial charge in [-0.3, -0.25) is 4.79 Å². The first-order valence-corrected chi connectivity index (χ1v) is 6.95. The van der Waals surface area contributed by atoms with Crippen LogP contribution in [0.15, 0.2) is 18.2 Å². The van der Waals surface area contributed by atoms with E-state index in [0.717, 1.165) is 19.4 Å². The summed E-state index contributed by atoms with van der Waals surface area (Å²) in [6.45, 7) is 1.25. The fourth-order valence-electron chi connectivity index (χ4n) is 2.20. The molecule has 0 aliphatic carbocycles. The minimum atomic E-state index is -0.0426. The summed E-state index contributed by atoms with van der Waals surface area (Å²) < 4.78 is 5.43. The second kappa shape index (κ2) is 6.46. The van der Waals surface area contributed by atoms with Gasteiger partial charge in [0, 0.05) is 25.2 Å². The Hall–Kier alpha value is -0.970. The van der Waals surface area contributed by atoms with E-state index in [1.165, 1.54) is 0 Å². The summed E-state index contributed by atoms with van der Waals surface area (Å²) in [5.74, 6) is 0.491. The molecule has 0 saturated carbocycles. The summed E-state index contributed by atoms with van der Waals surface area (Å²) in [7, 11) is 0. The SMILES string of the molecule is NCC1CCCN1C(=O)COc1ccc(Cl)c(Cl)c1. The van der Waals surface area contributed by atoms with Crippen molar-refractivity contribution < 1.29 is 9.53 Å². The van der Waals surface area contributed by atoms with E-state index in [4.69, 9.17) is 33.7 Å². The number of halogens is 2. The number of hydrogen-bond acceptors (Lipinski definition) is 3. The molecule has 1 amide bonds. The van der Waals surface area contributed by atoms with E-state index >= 15 is 0 Å². The molecule has 0 bridgehead atoms. The summed E-state index contributed by atoms with van der Waals surface area (Å²) in [5, 5.41) is 0.871. The van der Waals surface area contributed by atoms with E-state index < -0.39 is 0 Å². The highest BCUT2D eigenvalue weighted by Gasteiger charge is 2.27. The maximum Gasteiger partial charge on any atom is 0.260 e. The van der Waals surface area contributed by atoms with Gasteiger partial charge in [-0.2, -0.15) is 0 Å². The molecule has 1 fully saturated rings. The molecule has 1 aliphatic heterocycles. The molecule has 0 spiro atoms. The lowest BCUT2D eigenvalue weighted by Crippen LogP contribution is -2.42. The third kappa shape index (κ3) is 3.53. The third-order valence-corrected chi connectivity index (χ3v) is 3.96. The van der Waals surface area contributed by atoms with Crippen LogP contribution in [0, 0.1) is 0 Å². The van der Waals surface area contributed by atoms with Crippen molar-refractivity contribution in [3.63, 3.8) is 0 Å². The molecule has 1 aliphatic rings. The molecular formula is C13H16Cl2N2O2. The van der Waals surface area contributed by atoms with E-state index in [2.05, 4.69) is 0 Å². The number of ether oxygens (including phenoxy) is 1. The fourth-order valence-corrected chi connectivity index (χ4v) is 2.49. The molecule has 1 aromatic carbocycles. The van der Waals surface area contributed by atoms with E-state index in [9.17, 15) is 4.79 Å². The van der Waals surface area contributed by atoms with Gasteiger partial charge in [0.2, 0.25) is 0 Å². The van der Waals surface area contributed by atoms with Gasteiger partial charge in [-0.1, -0.05) is 23.2 Å². The molecule has 0 aromatic heterocycles. The Morgan fingerprint density at radius 1 is 1.42 bits per heavy atom. The molecule has 2 N–H and O–H groups in total. The van der Waals surface area contributed by atoms with Gasteiger partial charge in [-0.25, -0.2) is 0 Å². The van der Waals surface area contributed by atoms with Gasteiger partial charge in [-0.15, -0.1) is 0 Å². The molecule has 0 radical (unpaired) electrons. The maximum atomic E-state index is 12.0. The predicted molar refractivity (Wildman–Crippen MR) is 75.7 cm³/mol. The van der Waals surface area contributed by atoms with Crippen molar-refractivity contribution >= 4 is 29.1 Å². The van der Waals surface area contributed by atoms with Crippen molar-refractivity contribution in [3.05, 3.63) is 28.2 Å². The first-order chi connectivity index (χ1) is 9.11. The second-order valence-corrected chi connectivity index (χ2v) is 5.30. The van der Waals surface area contributed by atoms with E-state index in [-0.39, 0.29) is 18.6 Å². The lowest BCUT2D eigenvalue weighted by Gasteiger charge is -2.23. The molecule has 1 heterocycles. The molecule has 19 heavy (non-hydrogen) atoms. The molecule has 2 rings (SSSR count). The van der Waals surface area contributed by atoms with Gasteiger partial charge < -0.3 is 15.4 Å². The number of likely N-dealkylation sites (tertiary alicyclic amines) is 1. The van der Waals surface area contributed by atoms with E-state index in [0.29, 0.717) is 22.3 Å². The highest BCUT2D eigenvalue weighted by Crippen LogP contribution is 2.26. The Morgan fingerprint density at radius 3 is 2.89 bits per heavy atom. The van der Waals surface area contributed by atoms with Crippen molar-refractivity contribution in [3.8, 4) is 5.75 Å². The average molecular weight is 303 g/mol.